The number of hydrogen-bond donors (Lipinski definition) is 1. The molecular formula is C26H22N4OS. The lowest BCUT2D eigenvalue weighted by atomic mass is 10.1. The average molecular weight is 439 g/mol. The van der Waals surface area contributed by atoms with Gasteiger partial charge >= 0.3 is 0 Å². The first-order valence-corrected chi connectivity index (χ1v) is 11.1. The monoisotopic (exact) mass is 438 g/mol. The van der Waals surface area contributed by atoms with Crippen molar-refractivity contribution < 1.29 is 4.79 Å². The highest BCUT2D eigenvalue weighted by Gasteiger charge is 2.17. The van der Waals surface area contributed by atoms with Gasteiger partial charge in [-0.25, -0.2) is 0 Å². The molecule has 158 valence electrons. The maximum Gasteiger partial charge on any atom is 0.262 e. The third-order valence-corrected chi connectivity index (χ3v) is 5.92. The maximum atomic E-state index is 12.8. The predicted octanol–water partition coefficient (Wildman–Crippen LogP) is 5.44. The Morgan fingerprint density at radius 2 is 1.84 bits per heavy atom. The summed E-state index contributed by atoms with van der Waals surface area (Å²) in [6.07, 6.45) is 3.50. The van der Waals surface area contributed by atoms with Crippen LogP contribution in [0.2, 0.25) is 0 Å². The number of rotatable bonds is 7. The molecule has 0 radical (unpaired) electrons. The largest absolute Gasteiger partial charge is 0.345 e. The van der Waals surface area contributed by atoms with Crippen molar-refractivity contribution in [2.24, 2.45) is 0 Å². The van der Waals surface area contributed by atoms with E-state index in [1.165, 1.54) is 0 Å². The molecule has 6 heteroatoms. The van der Waals surface area contributed by atoms with Crippen molar-refractivity contribution in [3.05, 3.63) is 107 Å². The Labute approximate surface area is 191 Å². The summed E-state index contributed by atoms with van der Waals surface area (Å²) in [7, 11) is 0. The van der Waals surface area contributed by atoms with Gasteiger partial charge in [-0.3, -0.25) is 9.48 Å². The molecule has 0 saturated heterocycles. The maximum absolute atomic E-state index is 12.8. The SMILES string of the molecule is CC(NC(=O)/C(C#N)=C/c1cn(Cc2ccccc2)nc1-c1cccs1)c1ccccc1. The molecule has 1 N–H and O–H groups in total. The first-order chi connectivity index (χ1) is 15.6. The summed E-state index contributed by atoms with van der Waals surface area (Å²) in [5.41, 5.74) is 3.64. The van der Waals surface area contributed by atoms with Crippen LogP contribution in [-0.2, 0) is 11.3 Å². The molecule has 4 aromatic rings. The van der Waals surface area contributed by atoms with Gasteiger partial charge in [0, 0.05) is 11.8 Å². The van der Waals surface area contributed by atoms with Gasteiger partial charge in [0.05, 0.1) is 17.5 Å². The molecule has 1 amide bonds. The predicted molar refractivity (Wildman–Crippen MR) is 128 cm³/mol. The van der Waals surface area contributed by atoms with Gasteiger partial charge in [0.2, 0.25) is 0 Å². The Hall–Kier alpha value is -3.95. The minimum absolute atomic E-state index is 0.0462. The number of nitrogens with zero attached hydrogens (tertiary/aromatic N) is 3. The number of carbonyl (C=O) groups is 1. The van der Waals surface area contributed by atoms with Crippen molar-refractivity contribution in [2.75, 3.05) is 0 Å². The molecule has 0 bridgehead atoms. The Morgan fingerprint density at radius 1 is 1.12 bits per heavy atom. The van der Waals surface area contributed by atoms with Crippen LogP contribution in [0.4, 0.5) is 0 Å². The molecule has 0 aliphatic rings. The van der Waals surface area contributed by atoms with E-state index in [-0.39, 0.29) is 11.6 Å². The number of amides is 1. The first-order valence-electron chi connectivity index (χ1n) is 10.3. The molecule has 0 aliphatic heterocycles. The van der Waals surface area contributed by atoms with Gasteiger partial charge in [-0.15, -0.1) is 11.3 Å². The van der Waals surface area contributed by atoms with Gasteiger partial charge in [0.1, 0.15) is 17.3 Å². The highest BCUT2D eigenvalue weighted by atomic mass is 32.1. The van der Waals surface area contributed by atoms with Crippen molar-refractivity contribution in [1.82, 2.24) is 15.1 Å². The van der Waals surface area contributed by atoms with Crippen LogP contribution in [0.25, 0.3) is 16.6 Å². The van der Waals surface area contributed by atoms with Crippen LogP contribution in [-0.4, -0.2) is 15.7 Å². The van der Waals surface area contributed by atoms with Gasteiger partial charge in [-0.05, 0) is 35.6 Å². The van der Waals surface area contributed by atoms with E-state index in [2.05, 4.69) is 11.4 Å². The normalized spacial score (nSPS) is 12.2. The van der Waals surface area contributed by atoms with Gasteiger partial charge < -0.3 is 5.32 Å². The zero-order chi connectivity index (χ0) is 22.3. The van der Waals surface area contributed by atoms with E-state index in [1.807, 2.05) is 96.0 Å². The summed E-state index contributed by atoms with van der Waals surface area (Å²) in [5, 5.41) is 19.3. The fourth-order valence-electron chi connectivity index (χ4n) is 3.40. The molecule has 1 unspecified atom stereocenters. The van der Waals surface area contributed by atoms with Crippen LogP contribution in [0.5, 0.6) is 0 Å². The van der Waals surface area contributed by atoms with Crippen molar-refractivity contribution >= 4 is 23.3 Å². The molecular weight excluding hydrogens is 416 g/mol. The zero-order valence-corrected chi connectivity index (χ0v) is 18.4. The number of hydrogen-bond acceptors (Lipinski definition) is 4. The van der Waals surface area contributed by atoms with Crippen LogP contribution in [0.1, 0.15) is 29.7 Å². The standard InChI is InChI=1S/C26H22N4OS/c1-19(21-11-6-3-7-12-21)28-26(31)22(16-27)15-23-18-30(17-20-9-4-2-5-10-20)29-25(23)24-13-8-14-32-24/h2-15,18-19H,17H2,1H3,(H,28,31)/b22-15+. The van der Waals surface area contributed by atoms with Gasteiger partial charge in [0.15, 0.2) is 0 Å². The lowest BCUT2D eigenvalue weighted by molar-refractivity contribution is -0.117. The summed E-state index contributed by atoms with van der Waals surface area (Å²) in [5.74, 6) is -0.406. The van der Waals surface area contributed by atoms with Crippen LogP contribution in [0.15, 0.2) is 89.9 Å². The Balaban J connectivity index is 1.62. The lowest BCUT2D eigenvalue weighted by Gasteiger charge is -2.13. The van der Waals surface area contributed by atoms with E-state index < -0.39 is 5.91 Å². The third kappa shape index (κ3) is 5.02. The van der Waals surface area contributed by atoms with Crippen molar-refractivity contribution in [3.63, 3.8) is 0 Å². The van der Waals surface area contributed by atoms with Crippen molar-refractivity contribution in [3.8, 4) is 16.6 Å². The Morgan fingerprint density at radius 3 is 2.50 bits per heavy atom. The third-order valence-electron chi connectivity index (χ3n) is 5.04. The average Bonchev–Trinajstić information content (AvgIpc) is 3.48. The fraction of sp³-hybridized carbons (Fsp3) is 0.115. The van der Waals surface area contributed by atoms with Crippen molar-refractivity contribution in [2.45, 2.75) is 19.5 Å². The Kier molecular flexibility index (Phi) is 6.59. The lowest BCUT2D eigenvalue weighted by Crippen LogP contribution is -2.27. The fourth-order valence-corrected chi connectivity index (χ4v) is 4.13. The summed E-state index contributed by atoms with van der Waals surface area (Å²) in [6.45, 7) is 2.50. The van der Waals surface area contributed by atoms with E-state index in [0.717, 1.165) is 27.3 Å². The van der Waals surface area contributed by atoms with E-state index in [9.17, 15) is 10.1 Å². The molecule has 1 atom stereocenters. The molecule has 0 fully saturated rings. The second-order valence-corrected chi connectivity index (χ2v) is 8.32. The molecule has 4 rings (SSSR count). The molecule has 32 heavy (non-hydrogen) atoms. The van der Waals surface area contributed by atoms with E-state index in [4.69, 9.17) is 5.10 Å². The highest BCUT2D eigenvalue weighted by molar-refractivity contribution is 7.13. The molecule has 2 aromatic heterocycles. The number of nitrogens with one attached hydrogen (secondary N) is 1. The summed E-state index contributed by atoms with van der Waals surface area (Å²) >= 11 is 1.57. The Bertz CT molecular complexity index is 1250. The summed E-state index contributed by atoms with van der Waals surface area (Å²) in [4.78, 5) is 13.8. The molecule has 5 nitrogen and oxygen atoms in total. The van der Waals surface area contributed by atoms with E-state index in [1.54, 1.807) is 17.4 Å². The minimum atomic E-state index is -0.406. The quantitative estimate of drug-likeness (QED) is 0.308. The van der Waals surface area contributed by atoms with Crippen molar-refractivity contribution in [1.29, 1.82) is 5.26 Å². The number of carbonyl (C=O) groups excluding carboxylic acids is 1. The molecule has 0 aliphatic carbocycles. The van der Waals surface area contributed by atoms with E-state index in [0.29, 0.717) is 6.54 Å². The molecule has 0 spiro atoms. The van der Waals surface area contributed by atoms with Gasteiger partial charge in [0.25, 0.3) is 5.91 Å². The number of aromatic nitrogens is 2. The summed E-state index contributed by atoms with van der Waals surface area (Å²) in [6, 6.07) is 25.5. The van der Waals surface area contributed by atoms with E-state index >= 15 is 0 Å². The number of nitriles is 1. The molecule has 2 heterocycles. The molecule has 2 aromatic carbocycles. The smallest absolute Gasteiger partial charge is 0.262 e. The second kappa shape index (κ2) is 9.90. The zero-order valence-electron chi connectivity index (χ0n) is 17.6. The van der Waals surface area contributed by atoms with Crippen LogP contribution in [0.3, 0.4) is 0 Å². The van der Waals surface area contributed by atoms with Gasteiger partial charge in [-0.1, -0.05) is 66.7 Å². The highest BCUT2D eigenvalue weighted by Crippen LogP contribution is 2.28. The van der Waals surface area contributed by atoms with Crippen LogP contribution in [0, 0.1) is 11.3 Å². The molecule has 0 saturated carbocycles. The number of thiophene rings is 1. The second-order valence-electron chi connectivity index (χ2n) is 7.37. The summed E-state index contributed by atoms with van der Waals surface area (Å²) < 4.78 is 1.84. The van der Waals surface area contributed by atoms with Gasteiger partial charge in [-0.2, -0.15) is 10.4 Å². The minimum Gasteiger partial charge on any atom is -0.345 e. The van der Waals surface area contributed by atoms with Crippen LogP contribution >= 0.6 is 11.3 Å². The van der Waals surface area contributed by atoms with Crippen LogP contribution < -0.4 is 5.32 Å². The first kappa shape index (κ1) is 21.3. The topological polar surface area (TPSA) is 70.7 Å². The number of benzene rings is 2.